The van der Waals surface area contributed by atoms with Crippen LogP contribution in [0.25, 0.3) is 22.0 Å². The first kappa shape index (κ1) is 18.1. The maximum atomic E-state index is 12.7. The number of hydrogen-bond donors (Lipinski definition) is 1. The van der Waals surface area contributed by atoms with Gasteiger partial charge in [-0.2, -0.15) is 0 Å². The van der Waals surface area contributed by atoms with Gasteiger partial charge in [0.1, 0.15) is 0 Å². The number of para-hydroxylation sites is 1. The number of carbonyl (C=O) groups is 1. The molecule has 1 aromatic heterocycles. The first-order chi connectivity index (χ1) is 12.5. The molecule has 1 N–H and O–H groups in total. The lowest BCUT2D eigenvalue weighted by Gasteiger charge is -2.21. The van der Waals surface area contributed by atoms with Gasteiger partial charge in [0.05, 0.1) is 18.0 Å². The maximum Gasteiger partial charge on any atom is 0.226 e. The van der Waals surface area contributed by atoms with Gasteiger partial charge in [-0.25, -0.2) is 0 Å². The van der Waals surface area contributed by atoms with E-state index in [1.54, 1.807) is 18.9 Å². The van der Waals surface area contributed by atoms with E-state index in [0.29, 0.717) is 6.54 Å². The van der Waals surface area contributed by atoms with Gasteiger partial charge in [0.15, 0.2) is 0 Å². The molecular formula is C22H24N2O2. The van der Waals surface area contributed by atoms with Crippen molar-refractivity contribution < 1.29 is 9.90 Å². The van der Waals surface area contributed by atoms with Crippen LogP contribution in [-0.4, -0.2) is 40.6 Å². The average molecular weight is 348 g/mol. The third kappa shape index (κ3) is 3.75. The molecule has 1 unspecified atom stereocenters. The molecule has 3 aromatic rings. The number of nitrogens with zero attached hydrogens (tertiary/aromatic N) is 2. The molecule has 0 saturated heterocycles. The Bertz CT molecular complexity index is 920. The highest BCUT2D eigenvalue weighted by molar-refractivity contribution is 5.98. The summed E-state index contributed by atoms with van der Waals surface area (Å²) in [4.78, 5) is 19.0. The second-order valence-electron chi connectivity index (χ2n) is 6.73. The SMILES string of the molecule is Cc1nc2ccccc2c(-c2ccccc2)c1CC(=O)N(C)CC(C)O. The molecule has 0 aliphatic heterocycles. The van der Waals surface area contributed by atoms with Crippen LogP contribution in [0.1, 0.15) is 18.2 Å². The van der Waals surface area contributed by atoms with Gasteiger partial charge >= 0.3 is 0 Å². The fourth-order valence-corrected chi connectivity index (χ4v) is 3.31. The fourth-order valence-electron chi connectivity index (χ4n) is 3.31. The molecule has 0 spiro atoms. The van der Waals surface area contributed by atoms with Gasteiger partial charge in [-0.3, -0.25) is 9.78 Å². The topological polar surface area (TPSA) is 53.4 Å². The van der Waals surface area contributed by atoms with E-state index in [1.807, 2.05) is 43.3 Å². The Balaban J connectivity index is 2.12. The van der Waals surface area contributed by atoms with Crippen LogP contribution in [0.5, 0.6) is 0 Å². The van der Waals surface area contributed by atoms with Crippen LogP contribution in [-0.2, 0) is 11.2 Å². The normalized spacial score (nSPS) is 12.2. The van der Waals surface area contributed by atoms with Crippen molar-refractivity contribution in [1.82, 2.24) is 9.88 Å². The molecule has 1 heterocycles. The van der Waals surface area contributed by atoms with Crippen LogP contribution >= 0.6 is 0 Å². The third-order valence-corrected chi connectivity index (χ3v) is 4.55. The van der Waals surface area contributed by atoms with E-state index in [9.17, 15) is 9.90 Å². The molecule has 0 bridgehead atoms. The van der Waals surface area contributed by atoms with Gasteiger partial charge in [0, 0.05) is 24.7 Å². The smallest absolute Gasteiger partial charge is 0.226 e. The largest absolute Gasteiger partial charge is 0.392 e. The molecule has 0 fully saturated rings. The number of aromatic nitrogens is 1. The Morgan fingerprint density at radius 1 is 1.12 bits per heavy atom. The average Bonchev–Trinajstić information content (AvgIpc) is 2.62. The number of likely N-dealkylation sites (N-methyl/N-ethyl adjacent to an activating group) is 1. The van der Waals surface area contributed by atoms with Gasteiger partial charge in [-0.05, 0) is 36.6 Å². The Labute approximate surface area is 154 Å². The molecule has 4 nitrogen and oxygen atoms in total. The number of aliphatic hydroxyl groups excluding tert-OH is 1. The summed E-state index contributed by atoms with van der Waals surface area (Å²) in [5.74, 6) is -0.0248. The third-order valence-electron chi connectivity index (χ3n) is 4.55. The lowest BCUT2D eigenvalue weighted by molar-refractivity contribution is -0.130. The summed E-state index contributed by atoms with van der Waals surface area (Å²) in [6, 6.07) is 18.2. The zero-order valence-corrected chi connectivity index (χ0v) is 15.4. The molecule has 3 rings (SSSR count). The van der Waals surface area contributed by atoms with Gasteiger partial charge in [0.2, 0.25) is 5.91 Å². The van der Waals surface area contributed by atoms with Crippen LogP contribution in [0.15, 0.2) is 54.6 Å². The number of rotatable bonds is 5. The second-order valence-corrected chi connectivity index (χ2v) is 6.73. The second kappa shape index (κ2) is 7.67. The molecule has 0 aliphatic carbocycles. The first-order valence-electron chi connectivity index (χ1n) is 8.83. The van der Waals surface area contributed by atoms with Gasteiger partial charge in [-0.1, -0.05) is 48.5 Å². The minimum Gasteiger partial charge on any atom is -0.392 e. The molecule has 2 aromatic carbocycles. The van der Waals surface area contributed by atoms with E-state index < -0.39 is 6.10 Å². The molecule has 0 saturated carbocycles. The molecule has 26 heavy (non-hydrogen) atoms. The number of pyridine rings is 1. The Morgan fingerprint density at radius 2 is 1.77 bits per heavy atom. The summed E-state index contributed by atoms with van der Waals surface area (Å²) in [6.07, 6.45) is -0.287. The van der Waals surface area contributed by atoms with Crippen molar-refractivity contribution in [2.45, 2.75) is 26.4 Å². The van der Waals surface area contributed by atoms with E-state index in [4.69, 9.17) is 4.98 Å². The summed E-state index contributed by atoms with van der Waals surface area (Å²) in [5, 5.41) is 10.6. The summed E-state index contributed by atoms with van der Waals surface area (Å²) in [7, 11) is 1.72. The van der Waals surface area contributed by atoms with E-state index in [1.165, 1.54) is 0 Å². The van der Waals surface area contributed by atoms with E-state index >= 15 is 0 Å². The van der Waals surface area contributed by atoms with E-state index in [0.717, 1.165) is 33.3 Å². The predicted octanol–water partition coefficient (Wildman–Crippen LogP) is 3.59. The minimum absolute atomic E-state index is 0.0248. The lowest BCUT2D eigenvalue weighted by atomic mass is 9.92. The number of hydrogen-bond acceptors (Lipinski definition) is 3. The summed E-state index contributed by atoms with van der Waals surface area (Å²) >= 11 is 0. The minimum atomic E-state index is -0.548. The number of carbonyl (C=O) groups excluding carboxylic acids is 1. The standard InChI is InChI=1S/C22H24N2O2/c1-15(25)14-24(3)21(26)13-19-16(2)23-20-12-8-7-11-18(20)22(19)17-9-5-4-6-10-17/h4-12,15,25H,13-14H2,1-3H3. The van der Waals surface area contributed by atoms with E-state index in [-0.39, 0.29) is 12.3 Å². The zero-order chi connectivity index (χ0) is 18.7. The predicted molar refractivity (Wildman–Crippen MR) is 105 cm³/mol. The van der Waals surface area contributed by atoms with Crippen molar-refractivity contribution in [3.63, 3.8) is 0 Å². The van der Waals surface area contributed by atoms with Crippen molar-refractivity contribution >= 4 is 16.8 Å². The number of aryl methyl sites for hydroxylation is 1. The Morgan fingerprint density at radius 3 is 2.46 bits per heavy atom. The van der Waals surface area contributed by atoms with Gasteiger partial charge in [0.25, 0.3) is 0 Å². The van der Waals surface area contributed by atoms with E-state index in [2.05, 4.69) is 18.2 Å². The van der Waals surface area contributed by atoms with Gasteiger partial charge in [-0.15, -0.1) is 0 Å². The highest BCUT2D eigenvalue weighted by atomic mass is 16.3. The quantitative estimate of drug-likeness (QED) is 0.767. The summed E-state index contributed by atoms with van der Waals surface area (Å²) < 4.78 is 0. The molecule has 1 atom stereocenters. The van der Waals surface area contributed by atoms with Crippen LogP contribution in [0.3, 0.4) is 0 Å². The van der Waals surface area contributed by atoms with Crippen molar-refractivity contribution in [3.05, 3.63) is 65.9 Å². The molecule has 4 heteroatoms. The molecular weight excluding hydrogens is 324 g/mol. The Kier molecular flexibility index (Phi) is 5.33. The molecule has 1 amide bonds. The highest BCUT2D eigenvalue weighted by Crippen LogP contribution is 2.33. The maximum absolute atomic E-state index is 12.7. The summed E-state index contributed by atoms with van der Waals surface area (Å²) in [6.45, 7) is 3.96. The molecule has 0 aliphatic rings. The Hall–Kier alpha value is -2.72. The number of fused-ring (bicyclic) bond motifs is 1. The number of aliphatic hydroxyl groups is 1. The van der Waals surface area contributed by atoms with Crippen molar-refractivity contribution in [2.24, 2.45) is 0 Å². The van der Waals surface area contributed by atoms with Crippen molar-refractivity contribution in [3.8, 4) is 11.1 Å². The van der Waals surface area contributed by atoms with Crippen LogP contribution in [0.4, 0.5) is 0 Å². The first-order valence-corrected chi connectivity index (χ1v) is 8.83. The lowest BCUT2D eigenvalue weighted by Crippen LogP contribution is -2.34. The number of benzene rings is 2. The fraction of sp³-hybridized carbons (Fsp3) is 0.273. The summed E-state index contributed by atoms with van der Waals surface area (Å²) in [5.41, 5.74) is 4.87. The van der Waals surface area contributed by atoms with Crippen LogP contribution in [0, 0.1) is 6.92 Å². The zero-order valence-electron chi connectivity index (χ0n) is 15.4. The van der Waals surface area contributed by atoms with Crippen molar-refractivity contribution in [1.29, 1.82) is 0 Å². The highest BCUT2D eigenvalue weighted by Gasteiger charge is 2.19. The van der Waals surface area contributed by atoms with Crippen LogP contribution in [0.2, 0.25) is 0 Å². The number of amides is 1. The van der Waals surface area contributed by atoms with Crippen LogP contribution < -0.4 is 0 Å². The molecule has 0 radical (unpaired) electrons. The monoisotopic (exact) mass is 348 g/mol. The molecule has 134 valence electrons. The van der Waals surface area contributed by atoms with Gasteiger partial charge < -0.3 is 10.0 Å². The van der Waals surface area contributed by atoms with Crippen molar-refractivity contribution in [2.75, 3.05) is 13.6 Å².